The highest BCUT2D eigenvalue weighted by molar-refractivity contribution is 5.94. The second-order valence-corrected chi connectivity index (χ2v) is 8.65. The van der Waals surface area contributed by atoms with Crippen LogP contribution in [0.2, 0.25) is 0 Å². The van der Waals surface area contributed by atoms with E-state index in [4.69, 9.17) is 9.47 Å². The van der Waals surface area contributed by atoms with E-state index in [0.29, 0.717) is 48.6 Å². The Bertz CT molecular complexity index is 1290. The number of hydrogen-bond acceptors (Lipinski definition) is 4. The van der Waals surface area contributed by atoms with Crippen LogP contribution in [0.5, 0.6) is 11.5 Å². The number of alkyl halides is 3. The number of esters is 1. The zero-order chi connectivity index (χ0) is 27.9. The minimum Gasteiger partial charge on any atom is -0.466 e. The van der Waals surface area contributed by atoms with Crippen LogP contribution < -0.4 is 10.1 Å². The summed E-state index contributed by atoms with van der Waals surface area (Å²) >= 11 is 0. The second kappa shape index (κ2) is 12.6. The van der Waals surface area contributed by atoms with Gasteiger partial charge in [-0.05, 0) is 85.8 Å². The van der Waals surface area contributed by atoms with Crippen molar-refractivity contribution >= 4 is 11.9 Å². The van der Waals surface area contributed by atoms with E-state index in [1.165, 1.54) is 0 Å². The first kappa shape index (κ1) is 28.7. The zero-order valence-corrected chi connectivity index (χ0v) is 21.3. The lowest BCUT2D eigenvalue weighted by Gasteiger charge is -2.17. The number of amides is 1. The number of halogens is 4. The third kappa shape index (κ3) is 7.57. The molecular weight excluding hydrogens is 502 g/mol. The first-order valence-corrected chi connectivity index (χ1v) is 12.2. The maximum Gasteiger partial charge on any atom is 0.416 e. The molecule has 202 valence electrons. The molecular formula is C29H29F4NO4. The first-order chi connectivity index (χ1) is 18.0. The Morgan fingerprint density at radius 2 is 1.68 bits per heavy atom. The Hall–Kier alpha value is -3.88. The van der Waals surface area contributed by atoms with Crippen molar-refractivity contribution in [3.05, 3.63) is 94.3 Å². The fourth-order valence-electron chi connectivity index (χ4n) is 3.93. The highest BCUT2D eigenvalue weighted by Gasteiger charge is 2.31. The molecule has 3 aromatic carbocycles. The Labute approximate surface area is 218 Å². The standard InChI is InChI=1S/C29H29F4NO4/c1-4-19-15-24(12-9-20(19)10-14-27(35)37-5-2)38-23-8-6-7-21(16-23)18(3)34-28(36)25-13-11-22(17-26(25)30)29(31,32)33/h6-9,11-13,15-18H,4-5,10,14H2,1-3H3,(H,34,36)/t18-/m1/s1. The number of aryl methyl sites for hydroxylation is 2. The number of hydrogen-bond donors (Lipinski definition) is 1. The molecule has 1 atom stereocenters. The van der Waals surface area contributed by atoms with Gasteiger partial charge in [0.1, 0.15) is 17.3 Å². The van der Waals surface area contributed by atoms with Gasteiger partial charge in [-0.1, -0.05) is 25.1 Å². The summed E-state index contributed by atoms with van der Waals surface area (Å²) in [6, 6.07) is 13.8. The molecule has 0 aliphatic heterocycles. The van der Waals surface area contributed by atoms with Crippen molar-refractivity contribution in [3.63, 3.8) is 0 Å². The van der Waals surface area contributed by atoms with Gasteiger partial charge in [0.15, 0.2) is 0 Å². The fraction of sp³-hybridized carbons (Fsp3) is 0.310. The lowest BCUT2D eigenvalue weighted by Crippen LogP contribution is -2.27. The third-order valence-corrected chi connectivity index (χ3v) is 5.94. The zero-order valence-electron chi connectivity index (χ0n) is 21.3. The van der Waals surface area contributed by atoms with Crippen LogP contribution in [0.3, 0.4) is 0 Å². The quantitative estimate of drug-likeness (QED) is 0.222. The van der Waals surface area contributed by atoms with Gasteiger partial charge in [0.05, 0.1) is 23.8 Å². The summed E-state index contributed by atoms with van der Waals surface area (Å²) in [5, 5.41) is 2.61. The molecule has 1 N–H and O–H groups in total. The van der Waals surface area contributed by atoms with Crippen LogP contribution >= 0.6 is 0 Å². The van der Waals surface area contributed by atoms with Gasteiger partial charge in [-0.25, -0.2) is 4.39 Å². The maximum absolute atomic E-state index is 14.2. The van der Waals surface area contributed by atoms with E-state index in [0.717, 1.165) is 23.6 Å². The molecule has 0 bridgehead atoms. The Kier molecular flexibility index (Phi) is 9.50. The molecule has 0 heterocycles. The van der Waals surface area contributed by atoms with E-state index >= 15 is 0 Å². The van der Waals surface area contributed by atoms with Crippen LogP contribution in [0, 0.1) is 5.82 Å². The topological polar surface area (TPSA) is 64.6 Å². The summed E-state index contributed by atoms with van der Waals surface area (Å²) in [7, 11) is 0. The van der Waals surface area contributed by atoms with Gasteiger partial charge in [-0.2, -0.15) is 13.2 Å². The number of benzene rings is 3. The van der Waals surface area contributed by atoms with Crippen LogP contribution in [0.4, 0.5) is 17.6 Å². The average molecular weight is 532 g/mol. The normalized spacial score (nSPS) is 12.1. The summed E-state index contributed by atoms with van der Waals surface area (Å²) in [4.78, 5) is 24.2. The van der Waals surface area contributed by atoms with Gasteiger partial charge in [0.25, 0.3) is 5.91 Å². The van der Waals surface area contributed by atoms with Crippen molar-refractivity contribution in [1.82, 2.24) is 5.32 Å². The Balaban J connectivity index is 1.68. The van der Waals surface area contributed by atoms with Gasteiger partial charge < -0.3 is 14.8 Å². The molecule has 0 saturated carbocycles. The molecule has 0 aliphatic carbocycles. The van der Waals surface area contributed by atoms with Crippen LogP contribution in [-0.2, 0) is 28.5 Å². The molecule has 5 nitrogen and oxygen atoms in total. The SMILES string of the molecule is CCOC(=O)CCc1ccc(Oc2cccc([C@@H](C)NC(=O)c3ccc(C(F)(F)F)cc3F)c2)cc1CC. The number of carbonyl (C=O) groups is 2. The predicted octanol–water partition coefficient (Wildman–Crippen LogP) is 7.19. The summed E-state index contributed by atoms with van der Waals surface area (Å²) in [5.74, 6) is -1.22. The molecule has 3 aromatic rings. The highest BCUT2D eigenvalue weighted by Crippen LogP contribution is 2.31. The Morgan fingerprint density at radius 3 is 2.34 bits per heavy atom. The molecule has 9 heteroatoms. The predicted molar refractivity (Wildman–Crippen MR) is 135 cm³/mol. The van der Waals surface area contributed by atoms with E-state index in [1.54, 1.807) is 38.1 Å². The van der Waals surface area contributed by atoms with Crippen molar-refractivity contribution in [3.8, 4) is 11.5 Å². The minimum atomic E-state index is -4.70. The van der Waals surface area contributed by atoms with Gasteiger partial charge >= 0.3 is 12.1 Å². The summed E-state index contributed by atoms with van der Waals surface area (Å²) < 4.78 is 63.6. The number of rotatable bonds is 10. The lowest BCUT2D eigenvalue weighted by molar-refractivity contribution is -0.143. The molecule has 1 amide bonds. The largest absolute Gasteiger partial charge is 0.466 e. The van der Waals surface area contributed by atoms with Gasteiger partial charge in [-0.15, -0.1) is 0 Å². The smallest absolute Gasteiger partial charge is 0.416 e. The Morgan fingerprint density at radius 1 is 0.947 bits per heavy atom. The molecule has 0 fully saturated rings. The number of ether oxygens (including phenoxy) is 2. The van der Waals surface area contributed by atoms with E-state index in [2.05, 4.69) is 5.32 Å². The molecule has 0 unspecified atom stereocenters. The number of carbonyl (C=O) groups excluding carboxylic acids is 2. The second-order valence-electron chi connectivity index (χ2n) is 8.65. The van der Waals surface area contributed by atoms with Gasteiger partial charge in [-0.3, -0.25) is 9.59 Å². The summed E-state index contributed by atoms with van der Waals surface area (Å²) in [5.41, 5.74) is 1.09. The molecule has 0 saturated heterocycles. The fourth-order valence-corrected chi connectivity index (χ4v) is 3.93. The van der Waals surface area contributed by atoms with Crippen molar-refractivity contribution in [2.24, 2.45) is 0 Å². The molecule has 0 aliphatic rings. The molecule has 3 rings (SSSR count). The van der Waals surface area contributed by atoms with Crippen LogP contribution in [0.25, 0.3) is 0 Å². The van der Waals surface area contributed by atoms with E-state index in [9.17, 15) is 27.2 Å². The first-order valence-electron chi connectivity index (χ1n) is 12.2. The van der Waals surface area contributed by atoms with Crippen molar-refractivity contribution in [2.45, 2.75) is 52.3 Å². The van der Waals surface area contributed by atoms with E-state index in [-0.39, 0.29) is 5.97 Å². The van der Waals surface area contributed by atoms with Crippen molar-refractivity contribution < 1.29 is 36.6 Å². The lowest BCUT2D eigenvalue weighted by atomic mass is 10.0. The summed E-state index contributed by atoms with van der Waals surface area (Å²) in [6.07, 6.45) is -3.10. The molecule has 0 aromatic heterocycles. The average Bonchev–Trinajstić information content (AvgIpc) is 2.87. The summed E-state index contributed by atoms with van der Waals surface area (Å²) in [6.45, 7) is 5.80. The van der Waals surface area contributed by atoms with Crippen molar-refractivity contribution in [2.75, 3.05) is 6.61 Å². The van der Waals surface area contributed by atoms with E-state index in [1.807, 2.05) is 25.1 Å². The van der Waals surface area contributed by atoms with Crippen LogP contribution in [0.15, 0.2) is 60.7 Å². The monoisotopic (exact) mass is 531 g/mol. The molecule has 0 radical (unpaired) electrons. The van der Waals surface area contributed by atoms with Crippen LogP contribution in [0.1, 0.15) is 65.8 Å². The van der Waals surface area contributed by atoms with E-state index < -0.39 is 35.1 Å². The van der Waals surface area contributed by atoms with Gasteiger partial charge in [0, 0.05) is 6.42 Å². The third-order valence-electron chi connectivity index (χ3n) is 5.94. The van der Waals surface area contributed by atoms with Gasteiger partial charge in [0.2, 0.25) is 0 Å². The minimum absolute atomic E-state index is 0.242. The number of nitrogens with one attached hydrogen (secondary N) is 1. The molecule has 38 heavy (non-hydrogen) atoms. The maximum atomic E-state index is 14.2. The van der Waals surface area contributed by atoms with Crippen molar-refractivity contribution in [1.29, 1.82) is 0 Å². The van der Waals surface area contributed by atoms with Crippen LogP contribution in [-0.4, -0.2) is 18.5 Å². The molecule has 0 spiro atoms. The highest BCUT2D eigenvalue weighted by atomic mass is 19.4.